The van der Waals surface area contributed by atoms with Crippen LogP contribution in [0.1, 0.15) is 57.0 Å². The summed E-state index contributed by atoms with van der Waals surface area (Å²) in [6.07, 6.45) is 1.10. The van der Waals surface area contributed by atoms with Gasteiger partial charge >= 0.3 is 5.97 Å². The van der Waals surface area contributed by atoms with Crippen LogP contribution in [0.15, 0.2) is 48.5 Å². The summed E-state index contributed by atoms with van der Waals surface area (Å²) in [5, 5.41) is 8.99. The molecule has 0 heterocycles. The fourth-order valence-corrected chi connectivity index (χ4v) is 3.47. The monoisotopic (exact) mass is 370 g/mol. The molecule has 0 aromatic heterocycles. The average molecular weight is 370 g/mol. The molecule has 0 aliphatic carbocycles. The minimum absolute atomic E-state index is 0.106. The van der Waals surface area contributed by atoms with Gasteiger partial charge < -0.3 is 14.6 Å². The number of rotatable bonds is 8. The van der Waals surface area contributed by atoms with Gasteiger partial charge in [-0.05, 0) is 53.1 Å². The van der Waals surface area contributed by atoms with E-state index in [1.54, 1.807) is 12.1 Å². The zero-order valence-electron chi connectivity index (χ0n) is 16.9. The molecule has 0 bridgehead atoms. The quantitative estimate of drug-likeness (QED) is 0.618. The molecule has 0 saturated heterocycles. The highest BCUT2D eigenvalue weighted by atomic mass is 16.5. The maximum atomic E-state index is 11.0. The van der Waals surface area contributed by atoms with Crippen LogP contribution in [0.25, 0.3) is 0 Å². The summed E-state index contributed by atoms with van der Waals surface area (Å²) >= 11 is 0. The normalized spacial score (nSPS) is 11.9. The molecule has 2 aromatic rings. The van der Waals surface area contributed by atoms with E-state index in [0.717, 1.165) is 12.2 Å². The molecule has 0 aliphatic rings. The van der Waals surface area contributed by atoms with Crippen molar-refractivity contribution in [3.05, 3.63) is 59.7 Å². The summed E-state index contributed by atoms with van der Waals surface area (Å²) in [6, 6.07) is 14.7. The highest BCUT2D eigenvalue weighted by Crippen LogP contribution is 2.36. The molecule has 0 radical (unpaired) electrons. The smallest absolute Gasteiger partial charge is 0.335 e. The van der Waals surface area contributed by atoms with E-state index in [0.29, 0.717) is 19.0 Å². The first-order valence-electron chi connectivity index (χ1n) is 9.26. The van der Waals surface area contributed by atoms with Crippen LogP contribution >= 0.6 is 0 Å². The van der Waals surface area contributed by atoms with Gasteiger partial charge in [-0.2, -0.15) is 0 Å². The number of hydrogen-bond donors (Lipinski definition) is 1. The number of ether oxygens (including phenoxy) is 2. The second-order valence-corrected chi connectivity index (χ2v) is 8.68. The molecule has 0 fully saturated rings. The van der Waals surface area contributed by atoms with Crippen LogP contribution in [0.2, 0.25) is 0 Å². The summed E-state index contributed by atoms with van der Waals surface area (Å²) < 4.78 is 11.3. The third-order valence-electron chi connectivity index (χ3n) is 4.31. The Balaban J connectivity index is 1.85. The van der Waals surface area contributed by atoms with Gasteiger partial charge in [-0.15, -0.1) is 0 Å². The van der Waals surface area contributed by atoms with E-state index in [1.807, 2.05) is 12.1 Å². The summed E-state index contributed by atoms with van der Waals surface area (Å²) in [4.78, 5) is 11.0. The molecule has 0 unspecified atom stereocenters. The van der Waals surface area contributed by atoms with Gasteiger partial charge in [-0.3, -0.25) is 0 Å². The Hall–Kier alpha value is -2.49. The van der Waals surface area contributed by atoms with Gasteiger partial charge in [0.25, 0.3) is 0 Å². The zero-order chi connectivity index (χ0) is 20.1. The predicted octanol–water partition coefficient (Wildman–Crippen LogP) is 5.56. The summed E-state index contributed by atoms with van der Waals surface area (Å²) in [7, 11) is 0. The third-order valence-corrected chi connectivity index (χ3v) is 4.31. The summed E-state index contributed by atoms with van der Waals surface area (Å²) in [6.45, 7) is 12.1. The number of benzene rings is 2. The minimum atomic E-state index is -0.967. The molecule has 4 nitrogen and oxygen atoms in total. The van der Waals surface area contributed by atoms with Gasteiger partial charge in [0, 0.05) is 0 Å². The zero-order valence-corrected chi connectivity index (χ0v) is 16.9. The van der Waals surface area contributed by atoms with Crippen molar-refractivity contribution in [2.75, 3.05) is 13.2 Å². The Bertz CT molecular complexity index is 755. The minimum Gasteiger partial charge on any atom is -0.490 e. The molecule has 0 amide bonds. The Kier molecular flexibility index (Phi) is 6.53. The van der Waals surface area contributed by atoms with Gasteiger partial charge in [-0.1, -0.05) is 52.8 Å². The lowest BCUT2D eigenvalue weighted by Crippen LogP contribution is -2.24. The predicted molar refractivity (Wildman–Crippen MR) is 108 cm³/mol. The average Bonchev–Trinajstić information content (AvgIpc) is 2.57. The van der Waals surface area contributed by atoms with Crippen LogP contribution in [0, 0.1) is 5.41 Å². The van der Waals surface area contributed by atoms with Crippen LogP contribution in [-0.4, -0.2) is 24.3 Å². The van der Waals surface area contributed by atoms with Crippen LogP contribution in [0.5, 0.6) is 11.5 Å². The van der Waals surface area contributed by atoms with Crippen molar-refractivity contribution in [2.45, 2.75) is 46.5 Å². The molecular formula is C23H30O4. The first-order valence-corrected chi connectivity index (χ1v) is 9.26. The second-order valence-electron chi connectivity index (χ2n) is 8.68. The largest absolute Gasteiger partial charge is 0.490 e. The SMILES string of the molecule is CC(C)(C)CC(C)(C)c1ccc(OCCOc2cccc(C(=O)O)c2)cc1. The van der Waals surface area contributed by atoms with E-state index >= 15 is 0 Å². The number of carboxylic acids is 1. The number of hydrogen-bond acceptors (Lipinski definition) is 3. The van der Waals surface area contributed by atoms with Crippen molar-refractivity contribution in [3.63, 3.8) is 0 Å². The van der Waals surface area contributed by atoms with Crippen LogP contribution in [-0.2, 0) is 5.41 Å². The number of carboxylic acid groups (broad SMARTS) is 1. The van der Waals surface area contributed by atoms with Crippen molar-refractivity contribution in [2.24, 2.45) is 5.41 Å². The fraction of sp³-hybridized carbons (Fsp3) is 0.435. The van der Waals surface area contributed by atoms with E-state index in [9.17, 15) is 4.79 Å². The molecule has 0 saturated carbocycles. The molecule has 2 aromatic carbocycles. The van der Waals surface area contributed by atoms with E-state index in [-0.39, 0.29) is 16.4 Å². The Morgan fingerprint density at radius 1 is 0.889 bits per heavy atom. The number of carbonyl (C=O) groups is 1. The van der Waals surface area contributed by atoms with Crippen LogP contribution in [0.4, 0.5) is 0 Å². The Labute approximate surface area is 162 Å². The highest BCUT2D eigenvalue weighted by molar-refractivity contribution is 5.87. The van der Waals surface area contributed by atoms with Gasteiger partial charge in [0.2, 0.25) is 0 Å². The Morgan fingerprint density at radius 3 is 2.04 bits per heavy atom. The molecular weight excluding hydrogens is 340 g/mol. The van der Waals surface area contributed by atoms with Gasteiger partial charge in [0.1, 0.15) is 24.7 Å². The second kappa shape index (κ2) is 8.47. The van der Waals surface area contributed by atoms with Crippen molar-refractivity contribution in [1.29, 1.82) is 0 Å². The van der Waals surface area contributed by atoms with Crippen LogP contribution in [0.3, 0.4) is 0 Å². The lowest BCUT2D eigenvalue weighted by atomic mass is 9.72. The van der Waals surface area contributed by atoms with Crippen molar-refractivity contribution >= 4 is 5.97 Å². The van der Waals surface area contributed by atoms with Crippen LogP contribution < -0.4 is 9.47 Å². The van der Waals surface area contributed by atoms with Gasteiger partial charge in [-0.25, -0.2) is 4.79 Å². The molecule has 4 heteroatoms. The lowest BCUT2D eigenvalue weighted by Gasteiger charge is -2.33. The summed E-state index contributed by atoms with van der Waals surface area (Å²) in [5.74, 6) is 0.358. The van der Waals surface area contributed by atoms with E-state index < -0.39 is 5.97 Å². The highest BCUT2D eigenvalue weighted by Gasteiger charge is 2.27. The Morgan fingerprint density at radius 2 is 1.48 bits per heavy atom. The lowest BCUT2D eigenvalue weighted by molar-refractivity contribution is 0.0696. The molecule has 0 aliphatic heterocycles. The van der Waals surface area contributed by atoms with Gasteiger partial charge in [0.15, 0.2) is 0 Å². The standard InChI is InChI=1S/C23H30O4/c1-22(2,3)16-23(4,5)18-9-11-19(12-10-18)26-13-14-27-20-8-6-7-17(15-20)21(24)25/h6-12,15H,13-14,16H2,1-5H3,(H,24,25). The van der Waals surface area contributed by atoms with Crippen molar-refractivity contribution < 1.29 is 19.4 Å². The molecule has 2 rings (SSSR count). The maximum absolute atomic E-state index is 11.0. The van der Waals surface area contributed by atoms with E-state index in [1.165, 1.54) is 17.7 Å². The van der Waals surface area contributed by atoms with Gasteiger partial charge in [0.05, 0.1) is 5.56 Å². The van der Waals surface area contributed by atoms with E-state index in [2.05, 4.69) is 46.8 Å². The first-order chi connectivity index (χ1) is 12.6. The molecule has 0 spiro atoms. The fourth-order valence-electron chi connectivity index (χ4n) is 3.47. The molecule has 1 N–H and O–H groups in total. The molecule has 146 valence electrons. The van der Waals surface area contributed by atoms with E-state index in [4.69, 9.17) is 14.6 Å². The third kappa shape index (κ3) is 6.63. The topological polar surface area (TPSA) is 55.8 Å². The molecule has 0 atom stereocenters. The van der Waals surface area contributed by atoms with Crippen molar-refractivity contribution in [1.82, 2.24) is 0 Å². The maximum Gasteiger partial charge on any atom is 0.335 e. The summed E-state index contributed by atoms with van der Waals surface area (Å²) in [5.41, 5.74) is 1.89. The number of aromatic carboxylic acids is 1. The first kappa shape index (κ1) is 20.8. The molecule has 27 heavy (non-hydrogen) atoms. The van der Waals surface area contributed by atoms with Crippen molar-refractivity contribution in [3.8, 4) is 11.5 Å².